The third kappa shape index (κ3) is 2.52. The fourth-order valence-electron chi connectivity index (χ4n) is 2.64. The molecule has 0 fully saturated rings. The number of pyridine rings is 1. The van der Waals surface area contributed by atoms with Crippen molar-refractivity contribution >= 4 is 17.0 Å². The van der Waals surface area contributed by atoms with E-state index in [2.05, 4.69) is 44.5 Å². The maximum Gasteiger partial charge on any atom is 0.178 e. The standard InChI is InChI=1S/C16H15N7/c1-10-3-2-4-13(5-10)23-9-11(8-18-23)6-12-7-14(17)19-16-15(12)20-22-21-16/h2-5,7-9H,6H2,1H3,(H3,17,19,20,21,22). The number of hydrogen-bond donors (Lipinski definition) is 2. The minimum absolute atomic E-state index is 0.449. The first-order valence-corrected chi connectivity index (χ1v) is 7.26. The van der Waals surface area contributed by atoms with E-state index in [1.54, 1.807) is 0 Å². The van der Waals surface area contributed by atoms with Crippen LogP contribution in [0.25, 0.3) is 16.9 Å². The van der Waals surface area contributed by atoms with Gasteiger partial charge in [0.2, 0.25) is 0 Å². The van der Waals surface area contributed by atoms with E-state index in [0.717, 1.165) is 22.3 Å². The Labute approximate surface area is 132 Å². The van der Waals surface area contributed by atoms with Crippen molar-refractivity contribution in [2.45, 2.75) is 13.3 Å². The smallest absolute Gasteiger partial charge is 0.178 e. The number of aromatic nitrogens is 6. The monoisotopic (exact) mass is 305 g/mol. The van der Waals surface area contributed by atoms with Crippen LogP contribution in [0, 0.1) is 6.92 Å². The van der Waals surface area contributed by atoms with Gasteiger partial charge in [-0.2, -0.15) is 5.10 Å². The molecule has 0 saturated heterocycles. The number of nitrogens with one attached hydrogen (secondary N) is 1. The van der Waals surface area contributed by atoms with Crippen molar-refractivity contribution in [3.8, 4) is 5.69 Å². The van der Waals surface area contributed by atoms with Crippen molar-refractivity contribution in [1.82, 2.24) is 30.2 Å². The Balaban J connectivity index is 1.68. The van der Waals surface area contributed by atoms with Gasteiger partial charge in [-0.25, -0.2) is 14.8 Å². The van der Waals surface area contributed by atoms with Crippen LogP contribution in [0.2, 0.25) is 0 Å². The largest absolute Gasteiger partial charge is 0.384 e. The Morgan fingerprint density at radius 1 is 1.26 bits per heavy atom. The summed E-state index contributed by atoms with van der Waals surface area (Å²) in [6, 6.07) is 10.0. The molecule has 4 aromatic rings. The summed E-state index contributed by atoms with van der Waals surface area (Å²) in [5, 5.41) is 15.1. The molecule has 3 N–H and O–H groups in total. The molecule has 1 aromatic carbocycles. The van der Waals surface area contributed by atoms with Crippen molar-refractivity contribution in [2.75, 3.05) is 5.73 Å². The lowest BCUT2D eigenvalue weighted by Crippen LogP contribution is -1.96. The molecule has 0 spiro atoms. The van der Waals surface area contributed by atoms with E-state index >= 15 is 0 Å². The van der Waals surface area contributed by atoms with Crippen molar-refractivity contribution in [3.05, 3.63) is 59.4 Å². The van der Waals surface area contributed by atoms with Crippen LogP contribution in [-0.4, -0.2) is 30.2 Å². The van der Waals surface area contributed by atoms with Gasteiger partial charge in [0, 0.05) is 12.6 Å². The lowest BCUT2D eigenvalue weighted by Gasteiger charge is -2.02. The lowest BCUT2D eigenvalue weighted by molar-refractivity contribution is 0.878. The van der Waals surface area contributed by atoms with Gasteiger partial charge in [0.1, 0.15) is 11.3 Å². The summed E-state index contributed by atoms with van der Waals surface area (Å²) in [4.78, 5) is 4.18. The van der Waals surface area contributed by atoms with Gasteiger partial charge in [-0.1, -0.05) is 17.3 Å². The number of nitrogens with zero attached hydrogens (tertiary/aromatic N) is 5. The van der Waals surface area contributed by atoms with Gasteiger partial charge in [0.05, 0.1) is 11.9 Å². The zero-order valence-corrected chi connectivity index (χ0v) is 12.6. The molecule has 23 heavy (non-hydrogen) atoms. The molecule has 3 heterocycles. The number of nitrogens with two attached hydrogens (primary N) is 1. The Bertz CT molecular complexity index is 983. The molecule has 7 heteroatoms. The Morgan fingerprint density at radius 2 is 2.17 bits per heavy atom. The van der Waals surface area contributed by atoms with Crippen LogP contribution in [0.3, 0.4) is 0 Å². The first kappa shape index (κ1) is 13.4. The number of aryl methyl sites for hydroxylation is 1. The Kier molecular flexibility index (Phi) is 3.04. The van der Waals surface area contributed by atoms with Crippen molar-refractivity contribution in [1.29, 1.82) is 0 Å². The van der Waals surface area contributed by atoms with Crippen molar-refractivity contribution in [2.24, 2.45) is 0 Å². The Morgan fingerprint density at radius 3 is 3.04 bits per heavy atom. The maximum absolute atomic E-state index is 5.84. The highest BCUT2D eigenvalue weighted by Crippen LogP contribution is 2.19. The molecule has 114 valence electrons. The predicted octanol–water partition coefficient (Wildman–Crippen LogP) is 2.02. The van der Waals surface area contributed by atoms with Gasteiger partial charge >= 0.3 is 0 Å². The molecule has 0 saturated carbocycles. The molecule has 0 atom stereocenters. The molecule has 0 radical (unpaired) electrons. The fraction of sp³-hybridized carbons (Fsp3) is 0.125. The summed E-state index contributed by atoms with van der Waals surface area (Å²) in [6.07, 6.45) is 4.53. The molecule has 0 aliphatic carbocycles. The summed E-state index contributed by atoms with van der Waals surface area (Å²) < 4.78 is 1.87. The molecule has 0 amide bonds. The number of nitrogen functional groups attached to an aromatic ring is 1. The van der Waals surface area contributed by atoms with Crippen LogP contribution in [-0.2, 0) is 6.42 Å². The lowest BCUT2D eigenvalue weighted by atomic mass is 10.1. The first-order chi connectivity index (χ1) is 11.2. The van der Waals surface area contributed by atoms with E-state index in [0.29, 0.717) is 17.9 Å². The highest BCUT2D eigenvalue weighted by atomic mass is 15.3. The van der Waals surface area contributed by atoms with E-state index in [4.69, 9.17) is 5.73 Å². The van der Waals surface area contributed by atoms with Crippen molar-refractivity contribution < 1.29 is 0 Å². The van der Waals surface area contributed by atoms with E-state index in [-0.39, 0.29) is 0 Å². The molecular weight excluding hydrogens is 290 g/mol. The molecular formula is C16H15N7. The maximum atomic E-state index is 5.84. The van der Waals surface area contributed by atoms with Gasteiger partial charge in [0.15, 0.2) is 5.65 Å². The third-order valence-electron chi connectivity index (χ3n) is 3.69. The van der Waals surface area contributed by atoms with Crippen LogP contribution < -0.4 is 5.73 Å². The second-order valence-corrected chi connectivity index (χ2v) is 5.52. The van der Waals surface area contributed by atoms with Crippen molar-refractivity contribution in [3.63, 3.8) is 0 Å². The van der Waals surface area contributed by atoms with Crippen LogP contribution >= 0.6 is 0 Å². The summed E-state index contributed by atoms with van der Waals surface area (Å²) >= 11 is 0. The molecule has 0 bridgehead atoms. The van der Waals surface area contributed by atoms with Crippen LogP contribution in [0.5, 0.6) is 0 Å². The van der Waals surface area contributed by atoms with Crippen LogP contribution in [0.1, 0.15) is 16.7 Å². The average molecular weight is 305 g/mol. The minimum atomic E-state index is 0.449. The summed E-state index contributed by atoms with van der Waals surface area (Å²) in [5.41, 5.74) is 11.5. The van der Waals surface area contributed by atoms with Crippen LogP contribution in [0.4, 0.5) is 5.82 Å². The van der Waals surface area contributed by atoms with Gasteiger partial charge in [0.25, 0.3) is 0 Å². The number of rotatable bonds is 3. The molecule has 7 nitrogen and oxygen atoms in total. The highest BCUT2D eigenvalue weighted by molar-refractivity contribution is 5.76. The minimum Gasteiger partial charge on any atom is -0.384 e. The highest BCUT2D eigenvalue weighted by Gasteiger charge is 2.10. The van der Waals surface area contributed by atoms with Gasteiger partial charge < -0.3 is 5.73 Å². The van der Waals surface area contributed by atoms with E-state index < -0.39 is 0 Å². The number of aromatic amines is 1. The van der Waals surface area contributed by atoms with E-state index in [1.165, 1.54) is 5.56 Å². The van der Waals surface area contributed by atoms with Gasteiger partial charge in [-0.3, -0.25) is 0 Å². The molecule has 3 aromatic heterocycles. The third-order valence-corrected chi connectivity index (χ3v) is 3.69. The first-order valence-electron chi connectivity index (χ1n) is 7.26. The molecule has 0 aliphatic rings. The zero-order valence-electron chi connectivity index (χ0n) is 12.6. The summed E-state index contributed by atoms with van der Waals surface area (Å²) in [5.74, 6) is 0.449. The average Bonchev–Trinajstić information content (AvgIpc) is 3.16. The van der Waals surface area contributed by atoms with E-state index in [1.807, 2.05) is 35.3 Å². The fourth-order valence-corrected chi connectivity index (χ4v) is 2.64. The zero-order chi connectivity index (χ0) is 15.8. The normalized spacial score (nSPS) is 11.2. The number of fused-ring (bicyclic) bond motifs is 1. The van der Waals surface area contributed by atoms with Crippen LogP contribution in [0.15, 0.2) is 42.7 Å². The molecule has 4 rings (SSSR count). The number of anilines is 1. The molecule has 0 aliphatic heterocycles. The van der Waals surface area contributed by atoms with E-state index in [9.17, 15) is 0 Å². The summed E-state index contributed by atoms with van der Waals surface area (Å²) in [6.45, 7) is 2.06. The summed E-state index contributed by atoms with van der Waals surface area (Å²) in [7, 11) is 0. The predicted molar refractivity (Wildman–Crippen MR) is 87.2 cm³/mol. The Hall–Kier alpha value is -3.22. The second kappa shape index (κ2) is 5.20. The number of hydrogen-bond acceptors (Lipinski definition) is 5. The quantitative estimate of drug-likeness (QED) is 0.603. The van der Waals surface area contributed by atoms with Gasteiger partial charge in [-0.05, 0) is 41.8 Å². The number of H-pyrrole nitrogens is 1. The second-order valence-electron chi connectivity index (χ2n) is 5.52. The number of benzene rings is 1. The SMILES string of the molecule is Cc1cccc(-n2cc(Cc3cc(N)nc4[nH]nnc34)cn2)c1. The topological polar surface area (TPSA) is 98.3 Å². The molecule has 0 unspecified atom stereocenters. The van der Waals surface area contributed by atoms with Gasteiger partial charge in [-0.15, -0.1) is 5.10 Å².